The van der Waals surface area contributed by atoms with Gasteiger partial charge in [0.15, 0.2) is 5.78 Å². The number of phenols is 1. The molecule has 0 heterocycles. The Morgan fingerprint density at radius 2 is 2.06 bits per heavy atom. The molecule has 1 N–H and O–H groups in total. The molecule has 0 radical (unpaired) electrons. The number of para-hydroxylation sites is 1. The van der Waals surface area contributed by atoms with Gasteiger partial charge in [0.1, 0.15) is 12.2 Å². The number of esters is 1. The summed E-state index contributed by atoms with van der Waals surface area (Å²) in [4.78, 5) is 22.3. The SMILES string of the molecule is CCOC(=O)CC(=O)/C=C/c1ccccc1O. The van der Waals surface area contributed by atoms with Crippen LogP contribution in [0.2, 0.25) is 0 Å². The van der Waals surface area contributed by atoms with Gasteiger partial charge in [-0.1, -0.05) is 18.2 Å². The zero-order valence-corrected chi connectivity index (χ0v) is 9.55. The zero-order chi connectivity index (χ0) is 12.7. The summed E-state index contributed by atoms with van der Waals surface area (Å²) in [5, 5.41) is 9.44. The Hall–Kier alpha value is -2.10. The van der Waals surface area contributed by atoms with Gasteiger partial charge in [-0.2, -0.15) is 0 Å². The Labute approximate surface area is 99.5 Å². The maximum atomic E-state index is 11.3. The van der Waals surface area contributed by atoms with E-state index in [2.05, 4.69) is 4.74 Å². The Morgan fingerprint density at radius 1 is 1.35 bits per heavy atom. The smallest absolute Gasteiger partial charge is 0.313 e. The Morgan fingerprint density at radius 3 is 2.71 bits per heavy atom. The molecule has 4 nitrogen and oxygen atoms in total. The lowest BCUT2D eigenvalue weighted by molar-refractivity contribution is -0.144. The molecular formula is C13H14O4. The Balaban J connectivity index is 2.57. The van der Waals surface area contributed by atoms with E-state index in [4.69, 9.17) is 0 Å². The third-order valence-corrected chi connectivity index (χ3v) is 2.01. The van der Waals surface area contributed by atoms with E-state index < -0.39 is 5.97 Å². The predicted molar refractivity (Wildman–Crippen MR) is 63.4 cm³/mol. The molecule has 0 saturated carbocycles. The summed E-state index contributed by atoms with van der Waals surface area (Å²) in [6.45, 7) is 1.94. The quantitative estimate of drug-likeness (QED) is 0.480. The van der Waals surface area contributed by atoms with Gasteiger partial charge in [-0.3, -0.25) is 9.59 Å². The molecule has 0 fully saturated rings. The van der Waals surface area contributed by atoms with Crippen molar-refractivity contribution in [3.8, 4) is 5.75 Å². The molecule has 17 heavy (non-hydrogen) atoms. The van der Waals surface area contributed by atoms with Crippen LogP contribution in [-0.2, 0) is 14.3 Å². The number of rotatable bonds is 5. The van der Waals surface area contributed by atoms with Gasteiger partial charge < -0.3 is 9.84 Å². The van der Waals surface area contributed by atoms with Crippen LogP contribution in [-0.4, -0.2) is 23.5 Å². The average Bonchev–Trinajstić information content (AvgIpc) is 2.28. The molecule has 0 spiro atoms. The number of hydrogen-bond donors (Lipinski definition) is 1. The first kappa shape index (κ1) is 13.0. The highest BCUT2D eigenvalue weighted by molar-refractivity contribution is 6.04. The fraction of sp³-hybridized carbons (Fsp3) is 0.231. The van der Waals surface area contributed by atoms with Crippen LogP contribution in [0.3, 0.4) is 0 Å². The number of ether oxygens (including phenoxy) is 1. The topological polar surface area (TPSA) is 63.6 Å². The van der Waals surface area contributed by atoms with E-state index in [1.54, 1.807) is 25.1 Å². The number of carbonyl (C=O) groups excluding carboxylic acids is 2. The predicted octanol–water partition coefficient (Wildman–Crippen LogP) is 1.93. The number of ketones is 1. The molecule has 0 unspecified atom stereocenters. The van der Waals surface area contributed by atoms with E-state index in [-0.39, 0.29) is 24.6 Å². The minimum Gasteiger partial charge on any atom is -0.507 e. The van der Waals surface area contributed by atoms with Crippen molar-refractivity contribution in [2.24, 2.45) is 0 Å². The summed E-state index contributed by atoms with van der Waals surface area (Å²) in [6, 6.07) is 6.63. The average molecular weight is 234 g/mol. The lowest BCUT2D eigenvalue weighted by atomic mass is 10.1. The number of hydrogen-bond acceptors (Lipinski definition) is 4. The van der Waals surface area contributed by atoms with E-state index in [0.29, 0.717) is 5.56 Å². The van der Waals surface area contributed by atoms with E-state index in [0.717, 1.165) is 0 Å². The van der Waals surface area contributed by atoms with E-state index in [1.165, 1.54) is 18.2 Å². The van der Waals surface area contributed by atoms with Crippen LogP contribution in [0.25, 0.3) is 6.08 Å². The van der Waals surface area contributed by atoms with Crippen LogP contribution in [0.5, 0.6) is 5.75 Å². The Kier molecular flexibility index (Phi) is 4.94. The summed E-state index contributed by atoms with van der Waals surface area (Å²) in [5.41, 5.74) is 0.532. The number of phenolic OH excluding ortho intramolecular Hbond substituents is 1. The fourth-order valence-electron chi connectivity index (χ4n) is 1.22. The van der Waals surface area contributed by atoms with Crippen molar-refractivity contribution < 1.29 is 19.4 Å². The van der Waals surface area contributed by atoms with Crippen LogP contribution >= 0.6 is 0 Å². The first-order chi connectivity index (χ1) is 8.13. The minimum atomic E-state index is -0.542. The third kappa shape index (κ3) is 4.51. The van der Waals surface area contributed by atoms with Crippen LogP contribution in [0, 0.1) is 0 Å². The van der Waals surface area contributed by atoms with Gasteiger partial charge in [0.2, 0.25) is 0 Å². The molecule has 1 aromatic carbocycles. The second-order valence-corrected chi connectivity index (χ2v) is 3.34. The van der Waals surface area contributed by atoms with E-state index in [1.807, 2.05) is 0 Å². The number of carbonyl (C=O) groups is 2. The van der Waals surface area contributed by atoms with Gasteiger partial charge in [-0.25, -0.2) is 0 Å². The largest absolute Gasteiger partial charge is 0.507 e. The molecule has 0 amide bonds. The second kappa shape index (κ2) is 6.48. The molecular weight excluding hydrogens is 220 g/mol. The minimum absolute atomic E-state index is 0.0904. The number of aromatic hydroxyl groups is 1. The number of benzene rings is 1. The summed E-state index contributed by atoms with van der Waals surface area (Å²) < 4.78 is 4.65. The molecule has 0 atom stereocenters. The molecule has 0 aromatic heterocycles. The standard InChI is InChI=1S/C13H14O4/c1-2-17-13(16)9-11(14)8-7-10-5-3-4-6-12(10)15/h3-8,15H,2,9H2,1H3/b8-7+. The van der Waals surface area contributed by atoms with Crippen LogP contribution < -0.4 is 0 Å². The van der Waals surface area contributed by atoms with Gasteiger partial charge in [0, 0.05) is 5.56 Å². The molecule has 0 aliphatic heterocycles. The molecule has 1 rings (SSSR count). The molecule has 4 heteroatoms. The molecule has 90 valence electrons. The summed E-state index contributed by atoms with van der Waals surface area (Å²) in [6.07, 6.45) is 2.45. The van der Waals surface area contributed by atoms with Crippen molar-refractivity contribution >= 4 is 17.8 Å². The lowest BCUT2D eigenvalue weighted by Crippen LogP contribution is -2.08. The highest BCUT2D eigenvalue weighted by atomic mass is 16.5. The van der Waals surface area contributed by atoms with Crippen molar-refractivity contribution in [3.63, 3.8) is 0 Å². The summed E-state index contributed by atoms with van der Waals surface area (Å²) in [5.74, 6) is -0.807. The van der Waals surface area contributed by atoms with Gasteiger partial charge in [-0.15, -0.1) is 0 Å². The highest BCUT2D eigenvalue weighted by Gasteiger charge is 2.07. The van der Waals surface area contributed by atoms with Crippen molar-refractivity contribution in [3.05, 3.63) is 35.9 Å². The summed E-state index contributed by atoms with van der Waals surface area (Å²) in [7, 11) is 0. The van der Waals surface area contributed by atoms with Crippen molar-refractivity contribution in [1.29, 1.82) is 0 Å². The van der Waals surface area contributed by atoms with Crippen molar-refractivity contribution in [2.45, 2.75) is 13.3 Å². The summed E-state index contributed by atoms with van der Waals surface area (Å²) >= 11 is 0. The molecule has 0 aliphatic rings. The van der Waals surface area contributed by atoms with E-state index in [9.17, 15) is 14.7 Å². The monoisotopic (exact) mass is 234 g/mol. The van der Waals surface area contributed by atoms with Crippen LogP contribution in [0.1, 0.15) is 18.9 Å². The third-order valence-electron chi connectivity index (χ3n) is 2.01. The molecule has 1 aromatic rings. The van der Waals surface area contributed by atoms with Crippen molar-refractivity contribution in [1.82, 2.24) is 0 Å². The van der Waals surface area contributed by atoms with Crippen LogP contribution in [0.15, 0.2) is 30.3 Å². The van der Waals surface area contributed by atoms with Gasteiger partial charge in [0.05, 0.1) is 6.61 Å². The molecule has 0 aliphatic carbocycles. The highest BCUT2D eigenvalue weighted by Crippen LogP contribution is 2.16. The van der Waals surface area contributed by atoms with Crippen LogP contribution in [0.4, 0.5) is 0 Å². The number of allylic oxidation sites excluding steroid dienone is 1. The molecule has 0 saturated heterocycles. The maximum absolute atomic E-state index is 11.3. The maximum Gasteiger partial charge on any atom is 0.313 e. The van der Waals surface area contributed by atoms with E-state index >= 15 is 0 Å². The first-order valence-corrected chi connectivity index (χ1v) is 5.28. The first-order valence-electron chi connectivity index (χ1n) is 5.28. The Bertz CT molecular complexity index is 435. The second-order valence-electron chi connectivity index (χ2n) is 3.34. The zero-order valence-electron chi connectivity index (χ0n) is 9.55. The fourth-order valence-corrected chi connectivity index (χ4v) is 1.22. The van der Waals surface area contributed by atoms with Gasteiger partial charge >= 0.3 is 5.97 Å². The van der Waals surface area contributed by atoms with Gasteiger partial charge in [0.25, 0.3) is 0 Å². The van der Waals surface area contributed by atoms with Gasteiger partial charge in [-0.05, 0) is 25.1 Å². The van der Waals surface area contributed by atoms with Crippen molar-refractivity contribution in [2.75, 3.05) is 6.61 Å². The molecule has 0 bridgehead atoms. The normalized spacial score (nSPS) is 10.4. The lowest BCUT2D eigenvalue weighted by Gasteiger charge is -1.98.